The molecule has 2 nitrogen and oxygen atoms in total. The largest absolute Gasteiger partial charge is 0.391 e. The van der Waals surface area contributed by atoms with E-state index in [0.717, 1.165) is 24.9 Å². The van der Waals surface area contributed by atoms with Crippen LogP contribution in [0.5, 0.6) is 0 Å². The number of aliphatic hydroxyl groups excluding tert-OH is 1. The Kier molecular flexibility index (Phi) is 5.95. The van der Waals surface area contributed by atoms with Gasteiger partial charge in [0.2, 0.25) is 0 Å². The van der Waals surface area contributed by atoms with Gasteiger partial charge in [-0.25, -0.2) is 4.39 Å². The second-order valence-electron chi connectivity index (χ2n) is 5.60. The molecule has 0 radical (unpaired) electrons. The van der Waals surface area contributed by atoms with Crippen LogP contribution in [0.2, 0.25) is 0 Å². The van der Waals surface area contributed by atoms with Crippen molar-refractivity contribution >= 4 is 12.4 Å². The van der Waals surface area contributed by atoms with E-state index in [1.54, 1.807) is 12.1 Å². The lowest BCUT2D eigenvalue weighted by Gasteiger charge is -2.28. The molecule has 1 aliphatic rings. The quantitative estimate of drug-likeness (QED) is 0.903. The van der Waals surface area contributed by atoms with Gasteiger partial charge in [-0.1, -0.05) is 48.5 Å². The van der Waals surface area contributed by atoms with Gasteiger partial charge in [-0.15, -0.1) is 12.4 Å². The van der Waals surface area contributed by atoms with Crippen LogP contribution < -0.4 is 5.32 Å². The van der Waals surface area contributed by atoms with Crippen LogP contribution in [0.1, 0.15) is 29.9 Å². The first kappa shape index (κ1) is 16.9. The molecule has 2 N–H and O–H groups in total. The zero-order valence-electron chi connectivity index (χ0n) is 12.3. The predicted molar refractivity (Wildman–Crippen MR) is 89.0 cm³/mol. The van der Waals surface area contributed by atoms with Crippen molar-refractivity contribution in [3.05, 3.63) is 71.5 Å². The molecule has 3 rings (SSSR count). The lowest BCUT2D eigenvalue weighted by atomic mass is 9.83. The molecule has 4 heteroatoms. The standard InChI is InChI=1S/C18H20FNO.ClH/c19-15-10-5-4-9-14(15)17(13-7-2-1-3-8-13)18(21)16-11-6-12-20-16;/h1-5,7-10,16-18,20-21H,6,11-12H2;1H/t16-,17?,18?;/m1./s1. The zero-order chi connectivity index (χ0) is 14.7. The van der Waals surface area contributed by atoms with Crippen molar-refractivity contribution in [1.82, 2.24) is 5.32 Å². The van der Waals surface area contributed by atoms with Crippen LogP contribution in [0, 0.1) is 5.82 Å². The second kappa shape index (κ2) is 7.73. The molecule has 1 fully saturated rings. The van der Waals surface area contributed by atoms with Crippen LogP contribution in [0.15, 0.2) is 54.6 Å². The molecule has 22 heavy (non-hydrogen) atoms. The van der Waals surface area contributed by atoms with E-state index in [-0.39, 0.29) is 30.2 Å². The summed E-state index contributed by atoms with van der Waals surface area (Å²) >= 11 is 0. The van der Waals surface area contributed by atoms with Crippen molar-refractivity contribution in [2.75, 3.05) is 6.54 Å². The maximum Gasteiger partial charge on any atom is 0.127 e. The summed E-state index contributed by atoms with van der Waals surface area (Å²) in [5.74, 6) is -0.605. The lowest BCUT2D eigenvalue weighted by molar-refractivity contribution is 0.118. The average molecular weight is 322 g/mol. The molecule has 1 saturated heterocycles. The SMILES string of the molecule is Cl.OC(C(c1ccccc1)c1ccccc1F)[C@H]1CCCN1. The molecular formula is C18H21ClFNO. The fraction of sp³-hybridized carbons (Fsp3) is 0.333. The Balaban J connectivity index is 0.00000176. The molecular weight excluding hydrogens is 301 g/mol. The monoisotopic (exact) mass is 321 g/mol. The van der Waals surface area contributed by atoms with Crippen LogP contribution in [0.25, 0.3) is 0 Å². The molecule has 118 valence electrons. The zero-order valence-corrected chi connectivity index (χ0v) is 13.1. The molecule has 0 spiro atoms. The van der Waals surface area contributed by atoms with Gasteiger partial charge in [-0.3, -0.25) is 0 Å². The van der Waals surface area contributed by atoms with Crippen LogP contribution in [0.4, 0.5) is 4.39 Å². The van der Waals surface area contributed by atoms with Gasteiger partial charge < -0.3 is 10.4 Å². The van der Waals surface area contributed by atoms with Crippen molar-refractivity contribution in [2.24, 2.45) is 0 Å². The Morgan fingerprint density at radius 3 is 2.36 bits per heavy atom. The van der Waals surface area contributed by atoms with E-state index in [1.165, 1.54) is 6.07 Å². The van der Waals surface area contributed by atoms with Crippen LogP contribution in [0.3, 0.4) is 0 Å². The summed E-state index contributed by atoms with van der Waals surface area (Å²) < 4.78 is 14.2. The van der Waals surface area contributed by atoms with Crippen molar-refractivity contribution in [3.8, 4) is 0 Å². The third-order valence-electron chi connectivity index (χ3n) is 4.25. The van der Waals surface area contributed by atoms with E-state index < -0.39 is 6.10 Å². The molecule has 0 aliphatic carbocycles. The van der Waals surface area contributed by atoms with Crippen molar-refractivity contribution in [1.29, 1.82) is 0 Å². The summed E-state index contributed by atoms with van der Waals surface area (Å²) in [6.45, 7) is 0.917. The minimum Gasteiger partial charge on any atom is -0.391 e. The lowest BCUT2D eigenvalue weighted by Crippen LogP contribution is -2.39. The van der Waals surface area contributed by atoms with Gasteiger partial charge in [0.1, 0.15) is 5.82 Å². The summed E-state index contributed by atoms with van der Waals surface area (Å²) in [6.07, 6.45) is 1.35. The molecule has 2 unspecified atom stereocenters. The van der Waals surface area contributed by atoms with Crippen molar-refractivity contribution in [2.45, 2.75) is 30.9 Å². The van der Waals surface area contributed by atoms with Gasteiger partial charge in [0.15, 0.2) is 0 Å². The molecule has 2 aromatic rings. The van der Waals surface area contributed by atoms with Gasteiger partial charge in [-0.2, -0.15) is 0 Å². The van der Waals surface area contributed by atoms with E-state index >= 15 is 0 Å². The van der Waals surface area contributed by atoms with Gasteiger partial charge in [0.25, 0.3) is 0 Å². The molecule has 3 atom stereocenters. The third-order valence-corrected chi connectivity index (χ3v) is 4.25. The molecule has 0 aromatic heterocycles. The molecule has 1 aliphatic heterocycles. The molecule has 1 heterocycles. The van der Waals surface area contributed by atoms with Crippen molar-refractivity contribution in [3.63, 3.8) is 0 Å². The Bertz CT molecular complexity index is 587. The first-order chi connectivity index (χ1) is 10.3. The van der Waals surface area contributed by atoms with Crippen LogP contribution in [-0.4, -0.2) is 23.8 Å². The Labute approximate surface area is 136 Å². The van der Waals surface area contributed by atoms with E-state index in [2.05, 4.69) is 5.32 Å². The highest BCUT2D eigenvalue weighted by molar-refractivity contribution is 5.85. The first-order valence-corrected chi connectivity index (χ1v) is 7.48. The highest BCUT2D eigenvalue weighted by atomic mass is 35.5. The Morgan fingerprint density at radius 2 is 1.73 bits per heavy atom. The van der Waals surface area contributed by atoms with Gasteiger partial charge >= 0.3 is 0 Å². The highest BCUT2D eigenvalue weighted by Crippen LogP contribution is 2.33. The molecule has 0 bridgehead atoms. The summed E-state index contributed by atoms with van der Waals surface area (Å²) in [5, 5.41) is 14.1. The summed E-state index contributed by atoms with van der Waals surface area (Å²) in [4.78, 5) is 0. The van der Waals surface area contributed by atoms with Crippen molar-refractivity contribution < 1.29 is 9.50 Å². The fourth-order valence-electron chi connectivity index (χ4n) is 3.18. The second-order valence-corrected chi connectivity index (χ2v) is 5.60. The maximum atomic E-state index is 14.2. The van der Waals surface area contributed by atoms with Gasteiger partial charge in [0.05, 0.1) is 6.10 Å². The van der Waals surface area contributed by atoms with E-state index in [1.807, 2.05) is 36.4 Å². The normalized spacial score (nSPS) is 20.2. The molecule has 2 aromatic carbocycles. The maximum absolute atomic E-state index is 14.2. The summed E-state index contributed by atoms with van der Waals surface area (Å²) in [6, 6.07) is 16.5. The number of nitrogens with one attached hydrogen (secondary N) is 1. The smallest absolute Gasteiger partial charge is 0.127 e. The number of hydrogen-bond acceptors (Lipinski definition) is 2. The first-order valence-electron chi connectivity index (χ1n) is 7.48. The summed E-state index contributed by atoms with van der Waals surface area (Å²) in [5.41, 5.74) is 1.51. The highest BCUT2D eigenvalue weighted by Gasteiger charge is 2.33. The fourth-order valence-corrected chi connectivity index (χ4v) is 3.18. The number of halogens is 2. The van der Waals surface area contributed by atoms with Crippen LogP contribution >= 0.6 is 12.4 Å². The number of rotatable bonds is 4. The number of benzene rings is 2. The molecule has 0 amide bonds. The van der Waals surface area contributed by atoms with Gasteiger partial charge in [0, 0.05) is 12.0 Å². The molecule has 0 saturated carbocycles. The van der Waals surface area contributed by atoms with Gasteiger partial charge in [-0.05, 0) is 36.6 Å². The number of aliphatic hydroxyl groups is 1. The predicted octanol–water partition coefficient (Wildman–Crippen LogP) is 3.49. The number of hydrogen-bond donors (Lipinski definition) is 2. The summed E-state index contributed by atoms with van der Waals surface area (Å²) in [7, 11) is 0. The topological polar surface area (TPSA) is 32.3 Å². The third kappa shape index (κ3) is 3.49. The minimum absolute atomic E-state index is 0. The van der Waals surface area contributed by atoms with E-state index in [0.29, 0.717) is 5.56 Å². The Hall–Kier alpha value is -1.42. The average Bonchev–Trinajstić information content (AvgIpc) is 3.05. The van der Waals surface area contributed by atoms with E-state index in [4.69, 9.17) is 0 Å². The Morgan fingerprint density at radius 1 is 1.05 bits per heavy atom. The van der Waals surface area contributed by atoms with Crippen LogP contribution in [-0.2, 0) is 0 Å². The minimum atomic E-state index is -0.633. The van der Waals surface area contributed by atoms with E-state index in [9.17, 15) is 9.50 Å².